The predicted molar refractivity (Wildman–Crippen MR) is 70.1 cm³/mol. The SMILES string of the molecule is N#Cc1cc2c(nc1-n1ccc(C3CC3)n1)CCC2. The number of nitriles is 1. The molecule has 4 heteroatoms. The van der Waals surface area contributed by atoms with Crippen LogP contribution in [0.15, 0.2) is 18.3 Å². The van der Waals surface area contributed by atoms with E-state index >= 15 is 0 Å². The Kier molecular flexibility index (Phi) is 2.22. The molecule has 0 spiro atoms. The van der Waals surface area contributed by atoms with Crippen molar-refractivity contribution in [2.75, 3.05) is 0 Å². The Hall–Kier alpha value is -2.15. The van der Waals surface area contributed by atoms with Crippen molar-refractivity contribution in [1.29, 1.82) is 5.26 Å². The fraction of sp³-hybridized carbons (Fsp3) is 0.400. The standard InChI is InChI=1S/C15H14N4/c16-9-12-8-11-2-1-3-13(11)17-15(12)19-7-6-14(18-19)10-4-5-10/h6-8,10H,1-5H2. The maximum atomic E-state index is 9.31. The first-order chi connectivity index (χ1) is 9.35. The molecule has 0 saturated heterocycles. The van der Waals surface area contributed by atoms with E-state index in [9.17, 15) is 5.26 Å². The van der Waals surface area contributed by atoms with Crippen molar-refractivity contribution in [3.63, 3.8) is 0 Å². The summed E-state index contributed by atoms with van der Waals surface area (Å²) in [5, 5.41) is 13.9. The van der Waals surface area contributed by atoms with Gasteiger partial charge in [0.2, 0.25) is 0 Å². The van der Waals surface area contributed by atoms with Gasteiger partial charge in [0.25, 0.3) is 0 Å². The number of hydrogen-bond donors (Lipinski definition) is 0. The van der Waals surface area contributed by atoms with Gasteiger partial charge in [0.1, 0.15) is 6.07 Å². The molecule has 0 N–H and O–H groups in total. The van der Waals surface area contributed by atoms with Gasteiger partial charge in [-0.15, -0.1) is 0 Å². The molecule has 2 aromatic heterocycles. The van der Waals surface area contributed by atoms with E-state index in [1.807, 2.05) is 18.3 Å². The Labute approximate surface area is 111 Å². The maximum Gasteiger partial charge on any atom is 0.171 e. The van der Waals surface area contributed by atoms with Gasteiger partial charge < -0.3 is 0 Å². The predicted octanol–water partition coefficient (Wildman–Crippen LogP) is 2.51. The third kappa shape index (κ3) is 1.74. The smallest absolute Gasteiger partial charge is 0.171 e. The number of fused-ring (bicyclic) bond motifs is 1. The lowest BCUT2D eigenvalue weighted by atomic mass is 10.1. The summed E-state index contributed by atoms with van der Waals surface area (Å²) < 4.78 is 1.77. The van der Waals surface area contributed by atoms with Crippen molar-refractivity contribution >= 4 is 0 Å². The molecule has 0 atom stereocenters. The van der Waals surface area contributed by atoms with Crippen LogP contribution >= 0.6 is 0 Å². The van der Waals surface area contributed by atoms with Crippen LogP contribution in [0.25, 0.3) is 5.82 Å². The molecule has 4 rings (SSSR count). The second-order valence-corrected chi connectivity index (χ2v) is 5.39. The minimum absolute atomic E-state index is 0.626. The molecular weight excluding hydrogens is 236 g/mol. The third-order valence-electron chi connectivity index (χ3n) is 3.97. The number of pyridine rings is 1. The van der Waals surface area contributed by atoms with Crippen molar-refractivity contribution in [3.8, 4) is 11.9 Å². The molecular formula is C15H14N4. The van der Waals surface area contributed by atoms with Crippen LogP contribution in [-0.2, 0) is 12.8 Å². The van der Waals surface area contributed by atoms with Gasteiger partial charge >= 0.3 is 0 Å². The fourth-order valence-electron chi connectivity index (χ4n) is 2.77. The first-order valence-electron chi connectivity index (χ1n) is 6.84. The van der Waals surface area contributed by atoms with Crippen LogP contribution in [0, 0.1) is 11.3 Å². The van der Waals surface area contributed by atoms with Crippen molar-refractivity contribution in [3.05, 3.63) is 40.8 Å². The molecule has 2 aliphatic carbocycles. The highest BCUT2D eigenvalue weighted by atomic mass is 15.3. The number of hydrogen-bond acceptors (Lipinski definition) is 3. The van der Waals surface area contributed by atoms with Gasteiger partial charge in [0.05, 0.1) is 11.3 Å². The molecule has 4 nitrogen and oxygen atoms in total. The minimum atomic E-state index is 0.626. The van der Waals surface area contributed by atoms with Gasteiger partial charge in [-0.3, -0.25) is 0 Å². The molecule has 2 heterocycles. The van der Waals surface area contributed by atoms with E-state index in [0.29, 0.717) is 17.3 Å². The Morgan fingerprint density at radius 3 is 3.00 bits per heavy atom. The number of aromatic nitrogens is 3. The zero-order valence-electron chi connectivity index (χ0n) is 10.6. The molecule has 94 valence electrons. The molecule has 1 saturated carbocycles. The molecule has 0 radical (unpaired) electrons. The summed E-state index contributed by atoms with van der Waals surface area (Å²) >= 11 is 0. The monoisotopic (exact) mass is 250 g/mol. The van der Waals surface area contributed by atoms with Crippen LogP contribution in [0.2, 0.25) is 0 Å². The molecule has 0 aliphatic heterocycles. The summed E-state index contributed by atoms with van der Waals surface area (Å²) in [5.41, 5.74) is 4.13. The average molecular weight is 250 g/mol. The van der Waals surface area contributed by atoms with Crippen LogP contribution in [0.1, 0.15) is 47.7 Å². The molecule has 0 amide bonds. The van der Waals surface area contributed by atoms with E-state index in [0.717, 1.165) is 30.7 Å². The zero-order valence-corrected chi connectivity index (χ0v) is 10.6. The van der Waals surface area contributed by atoms with Gasteiger partial charge in [-0.2, -0.15) is 10.4 Å². The van der Waals surface area contributed by atoms with E-state index < -0.39 is 0 Å². The number of rotatable bonds is 2. The summed E-state index contributed by atoms with van der Waals surface area (Å²) in [7, 11) is 0. The molecule has 2 aromatic rings. The summed E-state index contributed by atoms with van der Waals surface area (Å²) in [6, 6.07) is 6.29. The summed E-state index contributed by atoms with van der Waals surface area (Å²) in [6.07, 6.45) is 7.61. The first kappa shape index (κ1) is 10.7. The third-order valence-corrected chi connectivity index (χ3v) is 3.97. The molecule has 19 heavy (non-hydrogen) atoms. The lowest BCUT2D eigenvalue weighted by molar-refractivity contribution is 0.800. The van der Waals surface area contributed by atoms with E-state index in [-0.39, 0.29) is 0 Å². The lowest BCUT2D eigenvalue weighted by Crippen LogP contribution is -2.05. The average Bonchev–Trinajstić information content (AvgIpc) is 3.01. The quantitative estimate of drug-likeness (QED) is 0.822. The second-order valence-electron chi connectivity index (χ2n) is 5.39. The fourth-order valence-corrected chi connectivity index (χ4v) is 2.77. The van der Waals surface area contributed by atoms with Crippen LogP contribution < -0.4 is 0 Å². The Bertz CT molecular complexity index is 689. The summed E-state index contributed by atoms with van der Waals surface area (Å²) in [4.78, 5) is 4.67. The van der Waals surface area contributed by atoms with E-state index in [1.54, 1.807) is 4.68 Å². The summed E-state index contributed by atoms with van der Waals surface area (Å²) in [5.74, 6) is 1.32. The zero-order chi connectivity index (χ0) is 12.8. The van der Waals surface area contributed by atoms with Gasteiger partial charge in [0.15, 0.2) is 5.82 Å². The van der Waals surface area contributed by atoms with Crippen LogP contribution in [-0.4, -0.2) is 14.8 Å². The summed E-state index contributed by atoms with van der Waals surface area (Å²) in [6.45, 7) is 0. The Morgan fingerprint density at radius 2 is 2.21 bits per heavy atom. The molecule has 0 aromatic carbocycles. The van der Waals surface area contributed by atoms with Crippen molar-refractivity contribution in [1.82, 2.24) is 14.8 Å². The lowest BCUT2D eigenvalue weighted by Gasteiger charge is -2.06. The first-order valence-corrected chi connectivity index (χ1v) is 6.84. The number of nitrogens with zero attached hydrogens (tertiary/aromatic N) is 4. The Balaban J connectivity index is 1.82. The highest BCUT2D eigenvalue weighted by Gasteiger charge is 2.26. The highest BCUT2D eigenvalue weighted by Crippen LogP contribution is 2.39. The van der Waals surface area contributed by atoms with Crippen LogP contribution in [0.3, 0.4) is 0 Å². The molecule has 0 unspecified atom stereocenters. The molecule has 2 aliphatic rings. The van der Waals surface area contributed by atoms with Crippen molar-refractivity contribution < 1.29 is 0 Å². The molecule has 0 bridgehead atoms. The highest BCUT2D eigenvalue weighted by molar-refractivity contribution is 5.48. The van der Waals surface area contributed by atoms with Gasteiger partial charge in [-0.05, 0) is 49.8 Å². The van der Waals surface area contributed by atoms with E-state index in [4.69, 9.17) is 0 Å². The normalized spacial score (nSPS) is 17.2. The van der Waals surface area contributed by atoms with Crippen molar-refractivity contribution in [2.45, 2.75) is 38.0 Å². The topological polar surface area (TPSA) is 54.5 Å². The van der Waals surface area contributed by atoms with E-state index in [1.165, 1.54) is 18.4 Å². The maximum absolute atomic E-state index is 9.31. The van der Waals surface area contributed by atoms with Gasteiger partial charge in [-0.25, -0.2) is 9.67 Å². The van der Waals surface area contributed by atoms with Gasteiger partial charge in [-0.1, -0.05) is 0 Å². The number of aryl methyl sites for hydroxylation is 2. The van der Waals surface area contributed by atoms with Crippen molar-refractivity contribution in [2.24, 2.45) is 0 Å². The second kappa shape index (κ2) is 3.92. The minimum Gasteiger partial charge on any atom is -0.232 e. The van der Waals surface area contributed by atoms with Crippen LogP contribution in [0.5, 0.6) is 0 Å². The molecule has 1 fully saturated rings. The van der Waals surface area contributed by atoms with E-state index in [2.05, 4.69) is 16.2 Å². The largest absolute Gasteiger partial charge is 0.232 e. The van der Waals surface area contributed by atoms with Gasteiger partial charge in [0, 0.05) is 17.8 Å². The Morgan fingerprint density at radius 1 is 1.32 bits per heavy atom. The van der Waals surface area contributed by atoms with Crippen LogP contribution in [0.4, 0.5) is 0 Å².